The van der Waals surface area contributed by atoms with Crippen LogP contribution < -0.4 is 9.47 Å². The van der Waals surface area contributed by atoms with E-state index in [0.29, 0.717) is 11.5 Å². The zero-order valence-corrected chi connectivity index (χ0v) is 10.3. The maximum Gasteiger partial charge on any atom is 0.267 e. The fourth-order valence-electron chi connectivity index (χ4n) is 1.38. The Kier molecular flexibility index (Phi) is 4.33. The molecular formula is C10H14O6S. The first-order valence-electron chi connectivity index (χ1n) is 4.72. The minimum absolute atomic E-state index is 0.269. The second-order valence-electron chi connectivity index (χ2n) is 3.37. The highest BCUT2D eigenvalue weighted by atomic mass is 32.2. The Bertz CT molecular complexity index is 482. The van der Waals surface area contributed by atoms with E-state index < -0.39 is 22.0 Å². The van der Waals surface area contributed by atoms with Gasteiger partial charge in [0.25, 0.3) is 10.1 Å². The molecule has 2 N–H and O–H groups in total. The Morgan fingerprint density at radius 2 is 1.94 bits per heavy atom. The zero-order chi connectivity index (χ0) is 13.1. The van der Waals surface area contributed by atoms with Crippen LogP contribution in [-0.4, -0.2) is 38.0 Å². The molecule has 1 aromatic rings. The summed E-state index contributed by atoms with van der Waals surface area (Å²) in [6.07, 6.45) is -1.36. The van der Waals surface area contributed by atoms with E-state index in [9.17, 15) is 13.5 Å². The number of benzene rings is 1. The van der Waals surface area contributed by atoms with Crippen molar-refractivity contribution in [1.29, 1.82) is 0 Å². The lowest BCUT2D eigenvalue weighted by molar-refractivity contribution is 0.194. The number of hydrogen-bond donors (Lipinski definition) is 2. The van der Waals surface area contributed by atoms with Gasteiger partial charge in [-0.3, -0.25) is 4.55 Å². The third-order valence-corrected chi connectivity index (χ3v) is 2.91. The average molecular weight is 262 g/mol. The largest absolute Gasteiger partial charge is 0.497 e. The molecule has 1 rings (SSSR count). The number of hydrogen-bond acceptors (Lipinski definition) is 5. The molecule has 1 unspecified atom stereocenters. The van der Waals surface area contributed by atoms with Crippen LogP contribution in [0.1, 0.15) is 11.7 Å². The van der Waals surface area contributed by atoms with E-state index in [1.54, 1.807) is 6.07 Å². The topological polar surface area (TPSA) is 93.1 Å². The summed E-state index contributed by atoms with van der Waals surface area (Å²) in [6.45, 7) is 0. The molecule has 0 aliphatic heterocycles. The summed E-state index contributed by atoms with van der Waals surface area (Å²) in [5.74, 6) is 0.0283. The number of aliphatic hydroxyl groups excluding tert-OH is 1. The molecule has 0 fully saturated rings. The molecule has 17 heavy (non-hydrogen) atoms. The van der Waals surface area contributed by atoms with Crippen molar-refractivity contribution in [2.24, 2.45) is 0 Å². The number of rotatable bonds is 5. The molecule has 0 radical (unpaired) electrons. The van der Waals surface area contributed by atoms with Gasteiger partial charge in [-0.25, -0.2) is 0 Å². The van der Waals surface area contributed by atoms with Crippen LogP contribution in [0.5, 0.6) is 11.5 Å². The molecule has 0 aliphatic rings. The minimum atomic E-state index is -4.25. The highest BCUT2D eigenvalue weighted by molar-refractivity contribution is 7.85. The van der Waals surface area contributed by atoms with Gasteiger partial charge in [0.15, 0.2) is 0 Å². The molecular weight excluding hydrogens is 248 g/mol. The van der Waals surface area contributed by atoms with Crippen LogP contribution in [0.15, 0.2) is 18.2 Å². The summed E-state index contributed by atoms with van der Waals surface area (Å²) in [6, 6.07) is 4.56. The van der Waals surface area contributed by atoms with Gasteiger partial charge in [-0.1, -0.05) is 0 Å². The molecule has 6 nitrogen and oxygen atoms in total. The third kappa shape index (κ3) is 3.88. The van der Waals surface area contributed by atoms with Crippen molar-refractivity contribution in [1.82, 2.24) is 0 Å². The monoisotopic (exact) mass is 262 g/mol. The van der Waals surface area contributed by atoms with Crippen LogP contribution in [0.3, 0.4) is 0 Å². The maximum atomic E-state index is 10.7. The van der Waals surface area contributed by atoms with Crippen molar-refractivity contribution in [3.8, 4) is 11.5 Å². The second kappa shape index (κ2) is 5.35. The average Bonchev–Trinajstić information content (AvgIpc) is 2.25. The van der Waals surface area contributed by atoms with Gasteiger partial charge in [-0.15, -0.1) is 0 Å². The van der Waals surface area contributed by atoms with E-state index in [0.717, 1.165) is 0 Å². The first-order chi connectivity index (χ1) is 7.87. The van der Waals surface area contributed by atoms with Crippen molar-refractivity contribution in [3.05, 3.63) is 23.8 Å². The van der Waals surface area contributed by atoms with Crippen molar-refractivity contribution >= 4 is 10.1 Å². The Morgan fingerprint density at radius 3 is 2.41 bits per heavy atom. The van der Waals surface area contributed by atoms with Crippen molar-refractivity contribution in [3.63, 3.8) is 0 Å². The molecule has 0 saturated carbocycles. The molecule has 0 bridgehead atoms. The van der Waals surface area contributed by atoms with Gasteiger partial charge in [0.05, 0.1) is 20.3 Å². The Morgan fingerprint density at radius 1 is 1.29 bits per heavy atom. The third-order valence-electron chi connectivity index (χ3n) is 2.17. The van der Waals surface area contributed by atoms with E-state index in [4.69, 9.17) is 14.0 Å². The fraction of sp³-hybridized carbons (Fsp3) is 0.400. The van der Waals surface area contributed by atoms with Gasteiger partial charge in [0, 0.05) is 11.6 Å². The van der Waals surface area contributed by atoms with Crippen LogP contribution in [0.4, 0.5) is 0 Å². The Hall–Kier alpha value is -1.31. The molecule has 0 heterocycles. The summed E-state index contributed by atoms with van der Waals surface area (Å²) in [5, 5.41) is 9.67. The van der Waals surface area contributed by atoms with E-state index in [1.165, 1.54) is 26.4 Å². The lowest BCUT2D eigenvalue weighted by atomic mass is 10.1. The highest BCUT2D eigenvalue weighted by Crippen LogP contribution is 2.29. The fourth-order valence-corrected chi connectivity index (χ4v) is 1.96. The summed E-state index contributed by atoms with van der Waals surface area (Å²) in [5.41, 5.74) is 0.269. The predicted octanol–water partition coefficient (Wildman–Crippen LogP) is 0.625. The standard InChI is InChI=1S/C10H14O6S/c1-15-7-3-4-8(10(5-7)16-2)9(11)6-17(12,13)14/h3-5,9,11H,6H2,1-2H3,(H,12,13,14). The highest BCUT2D eigenvalue weighted by Gasteiger charge is 2.20. The first kappa shape index (κ1) is 13.8. The van der Waals surface area contributed by atoms with E-state index >= 15 is 0 Å². The summed E-state index contributed by atoms with van der Waals surface area (Å²) >= 11 is 0. The van der Waals surface area contributed by atoms with Gasteiger partial charge in [-0.05, 0) is 12.1 Å². The second-order valence-corrected chi connectivity index (χ2v) is 4.87. The van der Waals surface area contributed by atoms with Gasteiger partial charge in [-0.2, -0.15) is 8.42 Å². The Labute approximate surface area is 99.5 Å². The lowest BCUT2D eigenvalue weighted by Crippen LogP contribution is -2.14. The van der Waals surface area contributed by atoms with Gasteiger partial charge in [0.2, 0.25) is 0 Å². The van der Waals surface area contributed by atoms with E-state index in [1.807, 2.05) is 0 Å². The van der Waals surface area contributed by atoms with Crippen molar-refractivity contribution in [2.75, 3.05) is 20.0 Å². The van der Waals surface area contributed by atoms with E-state index in [2.05, 4.69) is 0 Å². The molecule has 1 aromatic carbocycles. The molecule has 0 aromatic heterocycles. The summed E-state index contributed by atoms with van der Waals surface area (Å²) in [4.78, 5) is 0. The van der Waals surface area contributed by atoms with Gasteiger partial charge >= 0.3 is 0 Å². The number of ether oxygens (including phenoxy) is 2. The smallest absolute Gasteiger partial charge is 0.267 e. The molecule has 96 valence electrons. The molecule has 0 amide bonds. The SMILES string of the molecule is COc1ccc(C(O)CS(=O)(=O)O)c(OC)c1. The normalized spacial score (nSPS) is 13.2. The van der Waals surface area contributed by atoms with Crippen LogP contribution in [-0.2, 0) is 10.1 Å². The maximum absolute atomic E-state index is 10.7. The summed E-state index contributed by atoms with van der Waals surface area (Å²) in [7, 11) is -1.39. The minimum Gasteiger partial charge on any atom is -0.497 e. The van der Waals surface area contributed by atoms with Crippen molar-refractivity contribution < 1.29 is 27.6 Å². The van der Waals surface area contributed by atoms with Crippen molar-refractivity contribution in [2.45, 2.75) is 6.10 Å². The lowest BCUT2D eigenvalue weighted by Gasteiger charge is -2.14. The first-order valence-corrected chi connectivity index (χ1v) is 6.33. The van der Waals surface area contributed by atoms with Gasteiger partial charge < -0.3 is 14.6 Å². The Balaban J connectivity index is 3.04. The molecule has 7 heteroatoms. The quantitative estimate of drug-likeness (QED) is 0.756. The predicted molar refractivity (Wildman–Crippen MR) is 60.9 cm³/mol. The molecule has 0 saturated heterocycles. The van der Waals surface area contributed by atoms with Crippen LogP contribution >= 0.6 is 0 Å². The number of methoxy groups -OCH3 is 2. The van der Waals surface area contributed by atoms with E-state index in [-0.39, 0.29) is 5.56 Å². The molecule has 1 atom stereocenters. The zero-order valence-electron chi connectivity index (χ0n) is 9.45. The molecule has 0 spiro atoms. The molecule has 0 aliphatic carbocycles. The summed E-state index contributed by atoms with van der Waals surface area (Å²) < 4.78 is 40.0. The van der Waals surface area contributed by atoms with Gasteiger partial charge in [0.1, 0.15) is 17.3 Å². The van der Waals surface area contributed by atoms with Crippen LogP contribution in [0, 0.1) is 0 Å². The van der Waals surface area contributed by atoms with Crippen LogP contribution in [0.2, 0.25) is 0 Å². The van der Waals surface area contributed by atoms with Crippen LogP contribution in [0.25, 0.3) is 0 Å². The number of aliphatic hydroxyl groups is 1.